The summed E-state index contributed by atoms with van der Waals surface area (Å²) in [5, 5.41) is 9.17. The Balaban J connectivity index is 2.25. The largest absolute Gasteiger partial charge is 0.481 e. The van der Waals surface area contributed by atoms with E-state index in [4.69, 9.17) is 5.11 Å². The molecule has 0 aromatic carbocycles. The van der Waals surface area contributed by atoms with Crippen molar-refractivity contribution in [2.24, 2.45) is 5.92 Å². The van der Waals surface area contributed by atoms with Crippen molar-refractivity contribution in [3.63, 3.8) is 0 Å². The Morgan fingerprint density at radius 2 is 2.31 bits per heavy atom. The van der Waals surface area contributed by atoms with Crippen LogP contribution in [0.4, 0.5) is 0 Å². The van der Waals surface area contributed by atoms with E-state index in [1.165, 1.54) is 11.8 Å². The van der Waals surface area contributed by atoms with E-state index < -0.39 is 5.97 Å². The lowest BCUT2D eigenvalue weighted by molar-refractivity contribution is -0.140. The van der Waals surface area contributed by atoms with E-state index in [-0.39, 0.29) is 11.0 Å². The van der Waals surface area contributed by atoms with Crippen LogP contribution in [0.15, 0.2) is 0 Å². The first-order chi connectivity index (χ1) is 6.09. The third-order valence-electron chi connectivity index (χ3n) is 1.90. The molecule has 1 saturated heterocycles. The first kappa shape index (κ1) is 10.9. The molecule has 0 saturated carbocycles. The summed E-state index contributed by atoms with van der Waals surface area (Å²) in [6.07, 6.45) is 0.709. The summed E-state index contributed by atoms with van der Waals surface area (Å²) in [6.45, 7) is 1.54. The molecular weight excluding hydrogens is 208 g/mol. The molecule has 0 aliphatic carbocycles. The molecule has 0 radical (unpaired) electrons. The van der Waals surface area contributed by atoms with Gasteiger partial charge in [-0.15, -0.1) is 0 Å². The van der Waals surface area contributed by atoms with Gasteiger partial charge in [-0.05, 0) is 6.42 Å². The lowest BCUT2D eigenvalue weighted by atomic mass is 10.1. The second kappa shape index (κ2) is 4.91. The van der Waals surface area contributed by atoms with Gasteiger partial charge in [0.25, 0.3) is 0 Å². The maximum Gasteiger partial charge on any atom is 0.307 e. The fraction of sp³-hybridized carbons (Fsp3) is 0.750. The van der Waals surface area contributed by atoms with E-state index in [0.717, 1.165) is 5.75 Å². The number of hydrogen-bond acceptors (Lipinski definition) is 4. The average Bonchev–Trinajstić information content (AvgIpc) is 2.48. The van der Waals surface area contributed by atoms with Gasteiger partial charge in [-0.2, -0.15) is 11.8 Å². The Labute approximate surface area is 85.7 Å². The maximum absolute atomic E-state index is 10.7. The lowest BCUT2D eigenvalue weighted by Crippen LogP contribution is -2.14. The minimum absolute atomic E-state index is 0.111. The topological polar surface area (TPSA) is 54.4 Å². The fourth-order valence-electron chi connectivity index (χ4n) is 1.20. The van der Waals surface area contributed by atoms with Crippen molar-refractivity contribution >= 4 is 34.6 Å². The molecule has 1 aliphatic heterocycles. The summed E-state index contributed by atoms with van der Waals surface area (Å²) < 4.78 is 0. The smallest absolute Gasteiger partial charge is 0.307 e. The molecule has 74 valence electrons. The van der Waals surface area contributed by atoms with Gasteiger partial charge in [0, 0.05) is 23.7 Å². The van der Waals surface area contributed by atoms with Crippen molar-refractivity contribution in [1.82, 2.24) is 0 Å². The quantitative estimate of drug-likeness (QED) is 0.780. The molecule has 13 heavy (non-hydrogen) atoms. The second-order valence-electron chi connectivity index (χ2n) is 3.03. The van der Waals surface area contributed by atoms with Crippen LogP contribution in [-0.4, -0.2) is 32.9 Å². The molecule has 0 bridgehead atoms. The van der Waals surface area contributed by atoms with Gasteiger partial charge in [0.15, 0.2) is 5.12 Å². The van der Waals surface area contributed by atoms with Crippen molar-refractivity contribution in [3.05, 3.63) is 0 Å². The number of thioether (sulfide) groups is 2. The molecule has 0 spiro atoms. The summed E-state index contributed by atoms with van der Waals surface area (Å²) in [6, 6.07) is 0. The number of aliphatic carboxylic acids is 1. The van der Waals surface area contributed by atoms with Gasteiger partial charge in [0.2, 0.25) is 0 Å². The molecule has 5 heteroatoms. The van der Waals surface area contributed by atoms with Crippen LogP contribution in [0.2, 0.25) is 0 Å². The van der Waals surface area contributed by atoms with E-state index in [0.29, 0.717) is 17.4 Å². The summed E-state index contributed by atoms with van der Waals surface area (Å²) in [5.74, 6) is 0.535. The molecule has 0 amide bonds. The highest BCUT2D eigenvalue weighted by Gasteiger charge is 2.30. The van der Waals surface area contributed by atoms with E-state index in [1.807, 2.05) is 0 Å². The van der Waals surface area contributed by atoms with Crippen LogP contribution in [0.1, 0.15) is 13.3 Å². The second-order valence-corrected chi connectivity index (χ2v) is 5.56. The number of carboxylic acids is 1. The maximum atomic E-state index is 10.7. The SMILES string of the molecule is CC(=O)SCC1CC(C(=O)O)CS1. The van der Waals surface area contributed by atoms with Gasteiger partial charge in [-0.1, -0.05) is 11.8 Å². The molecular formula is C8H12O3S2. The Morgan fingerprint density at radius 3 is 2.77 bits per heavy atom. The summed E-state index contributed by atoms with van der Waals surface area (Å²) in [4.78, 5) is 21.3. The van der Waals surface area contributed by atoms with Crippen LogP contribution in [-0.2, 0) is 9.59 Å². The standard InChI is InChI=1S/C8H12O3S2/c1-5(9)12-4-7-2-6(3-13-7)8(10)11/h6-7H,2-4H2,1H3,(H,10,11). The molecule has 1 heterocycles. The summed E-state index contributed by atoms with van der Waals surface area (Å²) in [7, 11) is 0. The summed E-state index contributed by atoms with van der Waals surface area (Å²) >= 11 is 2.96. The monoisotopic (exact) mass is 220 g/mol. The highest BCUT2D eigenvalue weighted by atomic mass is 32.2. The van der Waals surface area contributed by atoms with Crippen molar-refractivity contribution in [3.8, 4) is 0 Å². The fourth-order valence-corrected chi connectivity index (χ4v) is 3.50. The number of carbonyl (C=O) groups is 2. The van der Waals surface area contributed by atoms with Crippen LogP contribution in [0.5, 0.6) is 0 Å². The molecule has 2 unspecified atom stereocenters. The van der Waals surface area contributed by atoms with Crippen LogP contribution >= 0.6 is 23.5 Å². The minimum atomic E-state index is -0.706. The van der Waals surface area contributed by atoms with Crippen molar-refractivity contribution in [2.75, 3.05) is 11.5 Å². The van der Waals surface area contributed by atoms with Crippen LogP contribution < -0.4 is 0 Å². The van der Waals surface area contributed by atoms with Gasteiger partial charge >= 0.3 is 5.97 Å². The zero-order valence-electron chi connectivity index (χ0n) is 7.36. The van der Waals surface area contributed by atoms with Gasteiger partial charge in [-0.3, -0.25) is 9.59 Å². The van der Waals surface area contributed by atoms with Gasteiger partial charge in [0.05, 0.1) is 5.92 Å². The first-order valence-corrected chi connectivity index (χ1v) is 6.11. The Morgan fingerprint density at radius 1 is 1.62 bits per heavy atom. The first-order valence-electron chi connectivity index (χ1n) is 4.07. The van der Waals surface area contributed by atoms with Crippen LogP contribution in [0, 0.1) is 5.92 Å². The number of carboxylic acid groups (broad SMARTS) is 1. The number of carbonyl (C=O) groups excluding carboxylic acids is 1. The van der Waals surface area contributed by atoms with E-state index >= 15 is 0 Å². The van der Waals surface area contributed by atoms with Crippen molar-refractivity contribution in [1.29, 1.82) is 0 Å². The molecule has 0 aromatic heterocycles. The molecule has 1 aliphatic rings. The van der Waals surface area contributed by atoms with Crippen LogP contribution in [0.25, 0.3) is 0 Å². The summed E-state index contributed by atoms with van der Waals surface area (Å²) in [5.41, 5.74) is 0. The Hall–Kier alpha value is -0.160. The third-order valence-corrected chi connectivity index (χ3v) is 4.51. The Kier molecular flexibility index (Phi) is 4.12. The highest BCUT2D eigenvalue weighted by Crippen LogP contribution is 2.33. The molecule has 0 aromatic rings. The van der Waals surface area contributed by atoms with E-state index in [1.54, 1.807) is 18.7 Å². The van der Waals surface area contributed by atoms with Crippen LogP contribution in [0.3, 0.4) is 0 Å². The predicted molar refractivity (Wildman–Crippen MR) is 55.1 cm³/mol. The third kappa shape index (κ3) is 3.60. The van der Waals surface area contributed by atoms with Gasteiger partial charge in [0.1, 0.15) is 0 Å². The van der Waals surface area contributed by atoms with E-state index in [2.05, 4.69) is 0 Å². The Bertz CT molecular complexity index is 217. The lowest BCUT2D eigenvalue weighted by Gasteiger charge is -2.05. The van der Waals surface area contributed by atoms with Crippen molar-refractivity contribution < 1.29 is 14.7 Å². The molecule has 1 fully saturated rings. The highest BCUT2D eigenvalue weighted by molar-refractivity contribution is 8.14. The minimum Gasteiger partial charge on any atom is -0.481 e. The average molecular weight is 220 g/mol. The predicted octanol–water partition coefficient (Wildman–Crippen LogP) is 1.47. The van der Waals surface area contributed by atoms with E-state index in [9.17, 15) is 9.59 Å². The molecule has 1 rings (SSSR count). The number of rotatable bonds is 3. The van der Waals surface area contributed by atoms with Gasteiger partial charge in [-0.25, -0.2) is 0 Å². The molecule has 2 atom stereocenters. The zero-order valence-corrected chi connectivity index (χ0v) is 8.99. The van der Waals surface area contributed by atoms with Crippen molar-refractivity contribution in [2.45, 2.75) is 18.6 Å². The normalized spacial score (nSPS) is 27.5. The van der Waals surface area contributed by atoms with Gasteiger partial charge < -0.3 is 5.11 Å². The molecule has 3 nitrogen and oxygen atoms in total. The zero-order chi connectivity index (χ0) is 9.84. The molecule has 1 N–H and O–H groups in total. The number of hydrogen-bond donors (Lipinski definition) is 1.